The lowest BCUT2D eigenvalue weighted by atomic mass is 10.1. The smallest absolute Gasteiger partial charge is 0.272 e. The first-order valence-electron chi connectivity index (χ1n) is 7.93. The van der Waals surface area contributed by atoms with Crippen molar-refractivity contribution < 1.29 is 22.4 Å². The molecule has 0 bridgehead atoms. The third kappa shape index (κ3) is 3.47. The Hall–Kier alpha value is -3.03. The Morgan fingerprint density at radius 3 is 2.89 bits per heavy atom. The highest BCUT2D eigenvalue weighted by Crippen LogP contribution is 2.27. The highest BCUT2D eigenvalue weighted by Gasteiger charge is 2.32. The van der Waals surface area contributed by atoms with Gasteiger partial charge in [0, 0.05) is 24.5 Å². The molecule has 0 fully saturated rings. The highest BCUT2D eigenvalue weighted by atomic mass is 32.2. The molecule has 1 atom stereocenters. The lowest BCUT2D eigenvalue weighted by molar-refractivity contribution is -0.109. The van der Waals surface area contributed by atoms with Gasteiger partial charge in [0.1, 0.15) is 28.8 Å². The Morgan fingerprint density at radius 1 is 1.48 bits per heavy atom. The average Bonchev–Trinajstić information content (AvgIpc) is 2.91. The number of nitrogens with zero attached hydrogens (tertiary/aromatic N) is 2. The normalized spacial score (nSPS) is 18.0. The summed E-state index contributed by atoms with van der Waals surface area (Å²) in [6, 6.07) is 4.37. The summed E-state index contributed by atoms with van der Waals surface area (Å²) in [6.45, 7) is 0. The topological polar surface area (TPSA) is 121 Å². The molecule has 0 saturated heterocycles. The van der Waals surface area contributed by atoms with Crippen molar-refractivity contribution in [1.29, 1.82) is 5.26 Å². The van der Waals surface area contributed by atoms with Gasteiger partial charge in [0.2, 0.25) is 10.0 Å². The molecule has 1 aromatic heterocycles. The zero-order valence-corrected chi connectivity index (χ0v) is 15.0. The number of aromatic nitrogens is 1. The molecule has 2 heterocycles. The zero-order valence-electron chi connectivity index (χ0n) is 14.2. The van der Waals surface area contributed by atoms with Crippen molar-refractivity contribution in [2.24, 2.45) is 7.05 Å². The molecule has 2 aromatic rings. The van der Waals surface area contributed by atoms with E-state index in [1.807, 2.05) is 0 Å². The fourth-order valence-electron chi connectivity index (χ4n) is 3.01. The quantitative estimate of drug-likeness (QED) is 0.760. The molecule has 1 unspecified atom stereocenters. The summed E-state index contributed by atoms with van der Waals surface area (Å²) >= 11 is 0. The van der Waals surface area contributed by atoms with Gasteiger partial charge in [0.05, 0.1) is 11.6 Å². The highest BCUT2D eigenvalue weighted by molar-refractivity contribution is 7.89. The van der Waals surface area contributed by atoms with Crippen LogP contribution in [0.2, 0.25) is 0 Å². The summed E-state index contributed by atoms with van der Waals surface area (Å²) in [5.74, 6) is -1.31. The lowest BCUT2D eigenvalue weighted by Crippen LogP contribution is -2.34. The van der Waals surface area contributed by atoms with Crippen LogP contribution in [-0.4, -0.2) is 31.2 Å². The number of nitrogens with one attached hydrogen (secondary N) is 2. The van der Waals surface area contributed by atoms with Gasteiger partial charge < -0.3 is 14.7 Å². The van der Waals surface area contributed by atoms with Crippen LogP contribution in [-0.2, 0) is 28.3 Å². The number of fused-ring (bicyclic) bond motifs is 1. The molecule has 1 aliphatic heterocycles. The predicted molar refractivity (Wildman–Crippen MR) is 93.0 cm³/mol. The maximum atomic E-state index is 13.4. The SMILES string of the molecule is Cn1cc2c(c1C(=O)Nc1ccc(F)c(C#N)c1)CCC(C=O)NS2(=O)=O. The molecule has 0 aliphatic carbocycles. The van der Waals surface area contributed by atoms with Crippen molar-refractivity contribution in [2.45, 2.75) is 23.8 Å². The van der Waals surface area contributed by atoms with E-state index in [0.717, 1.165) is 6.07 Å². The molecular weight excluding hydrogens is 375 g/mol. The fraction of sp³-hybridized carbons (Fsp3) is 0.235. The van der Waals surface area contributed by atoms with Crippen LogP contribution in [0.5, 0.6) is 0 Å². The first-order chi connectivity index (χ1) is 12.8. The summed E-state index contributed by atoms with van der Waals surface area (Å²) in [5.41, 5.74) is 0.395. The molecule has 2 N–H and O–H groups in total. The maximum absolute atomic E-state index is 13.4. The van der Waals surface area contributed by atoms with E-state index in [-0.39, 0.29) is 34.7 Å². The first kappa shape index (κ1) is 18.8. The van der Waals surface area contributed by atoms with E-state index in [1.54, 1.807) is 6.07 Å². The maximum Gasteiger partial charge on any atom is 0.272 e. The van der Waals surface area contributed by atoms with Crippen LogP contribution in [0.3, 0.4) is 0 Å². The van der Waals surface area contributed by atoms with Gasteiger partial charge in [-0.2, -0.15) is 5.26 Å². The van der Waals surface area contributed by atoms with E-state index in [4.69, 9.17) is 5.26 Å². The number of hydrogen-bond donors (Lipinski definition) is 2. The Balaban J connectivity index is 1.99. The molecular formula is C17H15FN4O4S. The average molecular weight is 390 g/mol. The molecule has 8 nitrogen and oxygen atoms in total. The van der Waals surface area contributed by atoms with E-state index < -0.39 is 27.8 Å². The summed E-state index contributed by atoms with van der Waals surface area (Å²) in [4.78, 5) is 23.7. The number of anilines is 1. The fourth-order valence-corrected chi connectivity index (χ4v) is 4.53. The number of sulfonamides is 1. The molecule has 3 rings (SSSR count). The van der Waals surface area contributed by atoms with Crippen molar-refractivity contribution in [3.8, 4) is 6.07 Å². The van der Waals surface area contributed by atoms with Gasteiger partial charge >= 0.3 is 0 Å². The molecule has 1 aromatic carbocycles. The van der Waals surface area contributed by atoms with Crippen molar-refractivity contribution in [3.05, 3.63) is 47.0 Å². The van der Waals surface area contributed by atoms with Gasteiger partial charge in [-0.3, -0.25) is 4.79 Å². The van der Waals surface area contributed by atoms with E-state index >= 15 is 0 Å². The molecule has 1 aliphatic rings. The van der Waals surface area contributed by atoms with Gasteiger partial charge in [0.25, 0.3) is 5.91 Å². The van der Waals surface area contributed by atoms with Crippen molar-refractivity contribution in [1.82, 2.24) is 9.29 Å². The van der Waals surface area contributed by atoms with E-state index in [9.17, 15) is 22.4 Å². The van der Waals surface area contributed by atoms with Crippen molar-refractivity contribution in [2.75, 3.05) is 5.32 Å². The van der Waals surface area contributed by atoms with Gasteiger partial charge in [-0.05, 0) is 31.0 Å². The molecule has 0 spiro atoms. The second kappa shape index (κ2) is 6.94. The number of carbonyl (C=O) groups excluding carboxylic acids is 2. The Labute approximate surface area is 154 Å². The monoisotopic (exact) mass is 390 g/mol. The van der Waals surface area contributed by atoms with Crippen LogP contribution in [0.1, 0.15) is 28.0 Å². The number of amides is 1. The standard InChI is InChI=1S/C17H15FN4O4S/c1-22-8-15-13(4-2-12(9-23)21-27(15,25)26)16(22)17(24)20-11-3-5-14(18)10(6-11)7-19/h3,5-6,8-9,12,21H,2,4H2,1H3,(H,20,24). The number of hydrogen-bond acceptors (Lipinski definition) is 5. The minimum absolute atomic E-state index is 0.0590. The van der Waals surface area contributed by atoms with Crippen LogP contribution in [0.25, 0.3) is 0 Å². The van der Waals surface area contributed by atoms with Crippen LogP contribution in [0.15, 0.2) is 29.3 Å². The molecule has 0 saturated carbocycles. The van der Waals surface area contributed by atoms with Gasteiger partial charge in [-0.25, -0.2) is 17.5 Å². The number of aldehydes is 1. The number of benzene rings is 1. The van der Waals surface area contributed by atoms with Crippen LogP contribution in [0, 0.1) is 17.1 Å². The van der Waals surface area contributed by atoms with Gasteiger partial charge in [-0.15, -0.1) is 0 Å². The number of halogens is 1. The predicted octanol–water partition coefficient (Wildman–Crippen LogP) is 1.08. The minimum atomic E-state index is -3.94. The van der Waals surface area contributed by atoms with E-state index in [2.05, 4.69) is 10.0 Å². The number of aryl methyl sites for hydroxylation is 1. The Kier molecular flexibility index (Phi) is 4.82. The van der Waals surface area contributed by atoms with E-state index in [0.29, 0.717) is 11.8 Å². The molecule has 10 heteroatoms. The third-order valence-electron chi connectivity index (χ3n) is 4.27. The van der Waals surface area contributed by atoms with Crippen LogP contribution >= 0.6 is 0 Å². The lowest BCUT2D eigenvalue weighted by Gasteiger charge is -2.10. The van der Waals surface area contributed by atoms with Gasteiger partial charge in [-0.1, -0.05) is 0 Å². The summed E-state index contributed by atoms with van der Waals surface area (Å²) < 4.78 is 42.0. The summed E-state index contributed by atoms with van der Waals surface area (Å²) in [5, 5.41) is 11.4. The number of rotatable bonds is 3. The molecule has 0 radical (unpaired) electrons. The van der Waals surface area contributed by atoms with E-state index in [1.165, 1.54) is 29.9 Å². The minimum Gasteiger partial charge on any atom is -0.345 e. The zero-order chi connectivity index (χ0) is 19.8. The number of carbonyl (C=O) groups is 2. The van der Waals surface area contributed by atoms with Crippen molar-refractivity contribution >= 4 is 27.9 Å². The van der Waals surface area contributed by atoms with Crippen LogP contribution < -0.4 is 10.0 Å². The summed E-state index contributed by atoms with van der Waals surface area (Å²) in [7, 11) is -2.41. The first-order valence-corrected chi connectivity index (χ1v) is 9.42. The Bertz CT molecular complexity index is 1090. The second-order valence-corrected chi connectivity index (χ2v) is 7.78. The van der Waals surface area contributed by atoms with Crippen molar-refractivity contribution in [3.63, 3.8) is 0 Å². The number of nitriles is 1. The molecule has 1 amide bonds. The Morgan fingerprint density at radius 2 is 2.22 bits per heavy atom. The summed E-state index contributed by atoms with van der Waals surface area (Å²) in [6.07, 6.45) is 2.26. The molecule has 140 valence electrons. The third-order valence-corrected chi connectivity index (χ3v) is 5.82. The van der Waals surface area contributed by atoms with Gasteiger partial charge in [0.15, 0.2) is 0 Å². The second-order valence-electron chi connectivity index (χ2n) is 6.09. The van der Waals surface area contributed by atoms with Crippen LogP contribution in [0.4, 0.5) is 10.1 Å². The largest absolute Gasteiger partial charge is 0.345 e. The molecule has 27 heavy (non-hydrogen) atoms.